The predicted octanol–water partition coefficient (Wildman–Crippen LogP) is 3.34. The van der Waals surface area contributed by atoms with Crippen molar-refractivity contribution >= 4 is 0 Å². The summed E-state index contributed by atoms with van der Waals surface area (Å²) in [6, 6.07) is 6.62. The standard InChI is InChI=1S/C25H40N4O3/c1-20-26-12-13-29(20)15-14-27(2)17-21-10-11-24(25(16-21)31-4)32-19-23(30)18-28(3)22-8-6-5-7-9-22/h10-13,16,22-23,30H,5-9,14-15,17-19H2,1-4H3/t23-/m1/s1. The number of aliphatic hydroxyl groups excluding tert-OH is 1. The fraction of sp³-hybridized carbons (Fsp3) is 0.640. The lowest BCUT2D eigenvalue weighted by Crippen LogP contribution is -2.40. The second kappa shape index (κ2) is 12.2. The summed E-state index contributed by atoms with van der Waals surface area (Å²) in [5, 5.41) is 10.5. The van der Waals surface area contributed by atoms with Gasteiger partial charge in [-0.05, 0) is 51.6 Å². The van der Waals surface area contributed by atoms with E-state index in [-0.39, 0.29) is 6.61 Å². The molecule has 1 N–H and O–H groups in total. The van der Waals surface area contributed by atoms with Gasteiger partial charge in [-0.1, -0.05) is 25.3 Å². The predicted molar refractivity (Wildman–Crippen MR) is 127 cm³/mol. The Balaban J connectivity index is 1.47. The molecule has 0 bridgehead atoms. The maximum absolute atomic E-state index is 10.5. The van der Waals surface area contributed by atoms with Crippen molar-refractivity contribution in [3.05, 3.63) is 42.0 Å². The smallest absolute Gasteiger partial charge is 0.161 e. The van der Waals surface area contributed by atoms with Crippen molar-refractivity contribution < 1.29 is 14.6 Å². The minimum absolute atomic E-state index is 0.261. The summed E-state index contributed by atoms with van der Waals surface area (Å²) >= 11 is 0. The number of benzene rings is 1. The molecule has 0 aliphatic heterocycles. The number of ether oxygens (including phenoxy) is 2. The van der Waals surface area contributed by atoms with Crippen LogP contribution in [0, 0.1) is 6.92 Å². The molecule has 2 aromatic rings. The van der Waals surface area contributed by atoms with Crippen molar-refractivity contribution in [1.82, 2.24) is 19.4 Å². The fourth-order valence-electron chi connectivity index (χ4n) is 4.48. The van der Waals surface area contributed by atoms with E-state index in [1.807, 2.05) is 31.5 Å². The zero-order valence-corrected chi connectivity index (χ0v) is 20.2. The Hall–Kier alpha value is -2.09. The Kier molecular flexibility index (Phi) is 9.38. The average Bonchev–Trinajstić information content (AvgIpc) is 3.21. The summed E-state index contributed by atoms with van der Waals surface area (Å²) in [7, 11) is 5.88. The van der Waals surface area contributed by atoms with Crippen LogP contribution < -0.4 is 9.47 Å². The first-order valence-electron chi connectivity index (χ1n) is 11.8. The summed E-state index contributed by atoms with van der Waals surface area (Å²) < 4.78 is 13.6. The molecule has 1 aliphatic rings. The van der Waals surface area contributed by atoms with Crippen molar-refractivity contribution in [3.8, 4) is 11.5 Å². The Morgan fingerprint density at radius 1 is 1.19 bits per heavy atom. The third-order valence-electron chi connectivity index (χ3n) is 6.45. The number of aromatic nitrogens is 2. The molecule has 0 saturated heterocycles. The van der Waals surface area contributed by atoms with Crippen LogP contribution >= 0.6 is 0 Å². The molecule has 1 atom stereocenters. The molecule has 0 amide bonds. The monoisotopic (exact) mass is 444 g/mol. The van der Waals surface area contributed by atoms with Crippen LogP contribution in [0.4, 0.5) is 0 Å². The molecule has 1 saturated carbocycles. The number of imidazole rings is 1. The summed E-state index contributed by atoms with van der Waals surface area (Å²) in [5.74, 6) is 2.41. The summed E-state index contributed by atoms with van der Waals surface area (Å²) in [4.78, 5) is 8.84. The SMILES string of the molecule is COc1cc(CN(C)CCn2ccnc2C)ccc1OC[C@H](O)CN(C)C1CCCCC1. The van der Waals surface area contributed by atoms with E-state index in [0.717, 1.165) is 31.0 Å². The van der Waals surface area contributed by atoms with Gasteiger partial charge in [-0.3, -0.25) is 0 Å². The molecule has 1 fully saturated rings. The van der Waals surface area contributed by atoms with Crippen LogP contribution in [-0.2, 0) is 13.1 Å². The number of likely N-dealkylation sites (N-methyl/N-ethyl adjacent to an activating group) is 2. The third kappa shape index (κ3) is 7.22. The molecule has 0 radical (unpaired) electrons. The maximum Gasteiger partial charge on any atom is 0.161 e. The Bertz CT molecular complexity index is 819. The second-order valence-corrected chi connectivity index (χ2v) is 9.09. The summed E-state index contributed by atoms with van der Waals surface area (Å²) in [6.07, 6.45) is 9.72. The van der Waals surface area contributed by atoms with Gasteiger partial charge in [0, 0.05) is 44.6 Å². The van der Waals surface area contributed by atoms with Crippen LogP contribution in [0.25, 0.3) is 0 Å². The number of nitrogens with zero attached hydrogens (tertiary/aromatic N) is 4. The van der Waals surface area contributed by atoms with Crippen molar-refractivity contribution in [3.63, 3.8) is 0 Å². The van der Waals surface area contributed by atoms with Gasteiger partial charge in [0.25, 0.3) is 0 Å². The second-order valence-electron chi connectivity index (χ2n) is 9.09. The molecule has 7 heteroatoms. The van der Waals surface area contributed by atoms with Gasteiger partial charge < -0.3 is 28.9 Å². The van der Waals surface area contributed by atoms with Gasteiger partial charge in [0.15, 0.2) is 11.5 Å². The first-order chi connectivity index (χ1) is 15.5. The normalized spacial score (nSPS) is 16.0. The minimum atomic E-state index is -0.524. The van der Waals surface area contributed by atoms with E-state index in [4.69, 9.17) is 9.47 Å². The number of hydrogen-bond donors (Lipinski definition) is 1. The first kappa shape index (κ1) is 24.6. The number of aliphatic hydroxyl groups is 1. The lowest BCUT2D eigenvalue weighted by atomic mass is 9.94. The lowest BCUT2D eigenvalue weighted by molar-refractivity contribution is 0.0553. The van der Waals surface area contributed by atoms with Crippen LogP contribution in [-0.4, -0.2) is 77.5 Å². The van der Waals surface area contributed by atoms with Crippen LogP contribution in [0.1, 0.15) is 43.5 Å². The highest BCUT2D eigenvalue weighted by molar-refractivity contribution is 5.43. The lowest BCUT2D eigenvalue weighted by Gasteiger charge is -2.32. The number of aryl methyl sites for hydroxylation is 1. The molecule has 1 aromatic carbocycles. The molecule has 3 rings (SSSR count). The molecule has 1 heterocycles. The fourth-order valence-corrected chi connectivity index (χ4v) is 4.48. The highest BCUT2D eigenvalue weighted by Gasteiger charge is 2.20. The van der Waals surface area contributed by atoms with Gasteiger partial charge in [0.1, 0.15) is 18.5 Å². The summed E-state index contributed by atoms with van der Waals surface area (Å²) in [6.45, 7) is 5.57. The van der Waals surface area contributed by atoms with E-state index in [0.29, 0.717) is 24.1 Å². The highest BCUT2D eigenvalue weighted by atomic mass is 16.5. The zero-order chi connectivity index (χ0) is 22.9. The molecule has 32 heavy (non-hydrogen) atoms. The van der Waals surface area contributed by atoms with Crippen LogP contribution in [0.3, 0.4) is 0 Å². The van der Waals surface area contributed by atoms with E-state index in [9.17, 15) is 5.11 Å². The van der Waals surface area contributed by atoms with Gasteiger partial charge in [-0.15, -0.1) is 0 Å². The topological polar surface area (TPSA) is 63.0 Å². The van der Waals surface area contributed by atoms with Gasteiger partial charge in [-0.2, -0.15) is 0 Å². The quantitative estimate of drug-likeness (QED) is 0.542. The van der Waals surface area contributed by atoms with Crippen molar-refractivity contribution in [1.29, 1.82) is 0 Å². The molecule has 0 unspecified atom stereocenters. The molecule has 178 valence electrons. The van der Waals surface area contributed by atoms with Crippen LogP contribution in [0.15, 0.2) is 30.6 Å². The van der Waals surface area contributed by atoms with Gasteiger partial charge in [0.2, 0.25) is 0 Å². The number of rotatable bonds is 12. The van der Waals surface area contributed by atoms with E-state index in [1.165, 1.54) is 32.1 Å². The number of methoxy groups -OCH3 is 1. The van der Waals surface area contributed by atoms with Crippen molar-refractivity contribution in [2.45, 2.75) is 64.3 Å². The summed E-state index contributed by atoms with van der Waals surface area (Å²) in [5.41, 5.74) is 1.16. The molecular weight excluding hydrogens is 404 g/mol. The Morgan fingerprint density at radius 3 is 2.66 bits per heavy atom. The molecule has 1 aliphatic carbocycles. The third-order valence-corrected chi connectivity index (χ3v) is 6.45. The Labute approximate surface area is 193 Å². The minimum Gasteiger partial charge on any atom is -0.493 e. The van der Waals surface area contributed by atoms with Crippen LogP contribution in [0.5, 0.6) is 11.5 Å². The largest absolute Gasteiger partial charge is 0.493 e. The van der Waals surface area contributed by atoms with E-state index < -0.39 is 6.10 Å². The molecule has 0 spiro atoms. The van der Waals surface area contributed by atoms with E-state index in [2.05, 4.69) is 39.5 Å². The molecule has 1 aromatic heterocycles. The highest BCUT2D eigenvalue weighted by Crippen LogP contribution is 2.29. The van der Waals surface area contributed by atoms with Crippen molar-refractivity contribution in [2.75, 3.05) is 40.9 Å². The van der Waals surface area contributed by atoms with Crippen LogP contribution in [0.2, 0.25) is 0 Å². The average molecular weight is 445 g/mol. The maximum atomic E-state index is 10.5. The molecular formula is C25H40N4O3. The van der Waals surface area contributed by atoms with Gasteiger partial charge in [-0.25, -0.2) is 4.98 Å². The number of hydrogen-bond acceptors (Lipinski definition) is 6. The first-order valence-corrected chi connectivity index (χ1v) is 11.8. The van der Waals surface area contributed by atoms with Gasteiger partial charge >= 0.3 is 0 Å². The van der Waals surface area contributed by atoms with Gasteiger partial charge in [0.05, 0.1) is 7.11 Å². The van der Waals surface area contributed by atoms with E-state index >= 15 is 0 Å². The van der Waals surface area contributed by atoms with E-state index in [1.54, 1.807) is 7.11 Å². The zero-order valence-electron chi connectivity index (χ0n) is 20.2. The Morgan fingerprint density at radius 2 is 1.97 bits per heavy atom. The van der Waals surface area contributed by atoms with Crippen molar-refractivity contribution in [2.24, 2.45) is 0 Å². The molecule has 7 nitrogen and oxygen atoms in total.